The molecule has 0 amide bonds. The highest BCUT2D eigenvalue weighted by Crippen LogP contribution is 2.19. The lowest BCUT2D eigenvalue weighted by Crippen LogP contribution is -2.12. The van der Waals surface area contributed by atoms with Crippen molar-refractivity contribution in [1.82, 2.24) is 0 Å². The molecule has 0 aromatic heterocycles. The molecule has 0 bridgehead atoms. The molecular formula is C26H36O3. The van der Waals surface area contributed by atoms with E-state index in [9.17, 15) is 4.79 Å². The summed E-state index contributed by atoms with van der Waals surface area (Å²) in [5.74, 6) is 1.03. The molecule has 2 aromatic carbocycles. The Kier molecular flexibility index (Phi) is 10.3. The number of carbonyl (C=O) groups is 1. The maximum Gasteiger partial charge on any atom is 0.343 e. The lowest BCUT2D eigenvalue weighted by atomic mass is 10.1. The number of rotatable bonds is 13. The van der Waals surface area contributed by atoms with Gasteiger partial charge in [-0.25, -0.2) is 4.79 Å². The van der Waals surface area contributed by atoms with Gasteiger partial charge in [-0.3, -0.25) is 0 Å². The molecular weight excluding hydrogens is 360 g/mol. The Balaban J connectivity index is 1.80. The third-order valence-electron chi connectivity index (χ3n) is 5.09. The fourth-order valence-corrected chi connectivity index (χ4v) is 3.29. The molecule has 0 aliphatic heterocycles. The zero-order valence-electron chi connectivity index (χ0n) is 18.3. The first-order valence-electron chi connectivity index (χ1n) is 11.2. The number of benzene rings is 2. The number of unbranched alkanes of at least 4 members (excludes halogenated alkanes) is 5. The Morgan fingerprint density at radius 1 is 0.793 bits per heavy atom. The number of ether oxygens (including phenoxy) is 2. The number of aryl methyl sites for hydroxylation is 1. The van der Waals surface area contributed by atoms with Gasteiger partial charge in [0.05, 0.1) is 11.7 Å². The average molecular weight is 397 g/mol. The Hall–Kier alpha value is -2.29. The van der Waals surface area contributed by atoms with E-state index < -0.39 is 0 Å². The first-order chi connectivity index (χ1) is 14.1. The number of hydrogen-bond donors (Lipinski definition) is 0. The van der Waals surface area contributed by atoms with Crippen molar-refractivity contribution in [3.05, 3.63) is 59.7 Å². The van der Waals surface area contributed by atoms with Gasteiger partial charge >= 0.3 is 5.97 Å². The highest BCUT2D eigenvalue weighted by molar-refractivity contribution is 5.91. The van der Waals surface area contributed by atoms with Gasteiger partial charge in [-0.05, 0) is 74.6 Å². The second-order valence-corrected chi connectivity index (χ2v) is 7.79. The van der Waals surface area contributed by atoms with E-state index in [1.807, 2.05) is 36.4 Å². The van der Waals surface area contributed by atoms with E-state index in [1.165, 1.54) is 50.5 Å². The van der Waals surface area contributed by atoms with Gasteiger partial charge in [-0.1, -0.05) is 58.1 Å². The van der Waals surface area contributed by atoms with E-state index >= 15 is 0 Å². The number of carbonyl (C=O) groups excluding carboxylic acids is 1. The van der Waals surface area contributed by atoms with Crippen LogP contribution in [0.3, 0.4) is 0 Å². The van der Waals surface area contributed by atoms with Crippen LogP contribution < -0.4 is 9.47 Å². The summed E-state index contributed by atoms with van der Waals surface area (Å²) < 4.78 is 11.4. The first-order valence-corrected chi connectivity index (χ1v) is 11.2. The minimum Gasteiger partial charge on any atom is -0.491 e. The van der Waals surface area contributed by atoms with Gasteiger partial charge in [0.1, 0.15) is 11.5 Å². The van der Waals surface area contributed by atoms with Crippen LogP contribution in [0.2, 0.25) is 0 Å². The van der Waals surface area contributed by atoms with Gasteiger partial charge < -0.3 is 9.47 Å². The van der Waals surface area contributed by atoms with Crippen LogP contribution in [0, 0.1) is 0 Å². The quantitative estimate of drug-likeness (QED) is 0.201. The summed E-state index contributed by atoms with van der Waals surface area (Å²) >= 11 is 0. The SMILES string of the molecule is CCCCCC[C@H](C)Oc1ccc(C(=O)Oc2ccc(CCCCC)cc2)cc1. The highest BCUT2D eigenvalue weighted by Gasteiger charge is 2.10. The van der Waals surface area contributed by atoms with Gasteiger partial charge in [0, 0.05) is 0 Å². The van der Waals surface area contributed by atoms with E-state index in [0.29, 0.717) is 11.3 Å². The molecule has 3 heteroatoms. The zero-order chi connectivity index (χ0) is 20.9. The third-order valence-corrected chi connectivity index (χ3v) is 5.09. The summed E-state index contributed by atoms with van der Waals surface area (Å²) in [7, 11) is 0. The molecule has 0 unspecified atom stereocenters. The van der Waals surface area contributed by atoms with Crippen LogP contribution >= 0.6 is 0 Å². The molecule has 3 nitrogen and oxygen atoms in total. The molecule has 0 N–H and O–H groups in total. The molecule has 0 saturated carbocycles. The summed E-state index contributed by atoms with van der Waals surface area (Å²) in [6.45, 7) is 6.52. The molecule has 0 aliphatic carbocycles. The Morgan fingerprint density at radius 2 is 1.41 bits per heavy atom. The van der Waals surface area contributed by atoms with Crippen LogP contribution in [0.15, 0.2) is 48.5 Å². The van der Waals surface area contributed by atoms with Crippen LogP contribution in [0.5, 0.6) is 11.5 Å². The van der Waals surface area contributed by atoms with E-state index in [1.54, 1.807) is 12.1 Å². The van der Waals surface area contributed by atoms with Gasteiger partial charge in [-0.2, -0.15) is 0 Å². The lowest BCUT2D eigenvalue weighted by molar-refractivity contribution is 0.0734. The zero-order valence-corrected chi connectivity index (χ0v) is 18.3. The van der Waals surface area contributed by atoms with Crippen molar-refractivity contribution < 1.29 is 14.3 Å². The second kappa shape index (κ2) is 13.0. The second-order valence-electron chi connectivity index (χ2n) is 7.79. The van der Waals surface area contributed by atoms with Gasteiger partial charge in [0.25, 0.3) is 0 Å². The first kappa shape index (κ1) is 23.0. The summed E-state index contributed by atoms with van der Waals surface area (Å²) in [6, 6.07) is 15.0. The largest absolute Gasteiger partial charge is 0.491 e. The predicted molar refractivity (Wildman–Crippen MR) is 120 cm³/mol. The van der Waals surface area contributed by atoms with Crippen molar-refractivity contribution in [1.29, 1.82) is 0 Å². The molecule has 2 rings (SSSR count). The maximum absolute atomic E-state index is 12.4. The predicted octanol–water partition coefficient (Wildman–Crippen LogP) is 7.38. The summed E-state index contributed by atoms with van der Waals surface area (Å²) in [6.07, 6.45) is 10.9. The number of esters is 1. The summed E-state index contributed by atoms with van der Waals surface area (Å²) in [4.78, 5) is 12.4. The molecule has 0 aliphatic rings. The normalized spacial score (nSPS) is 11.8. The molecule has 2 aromatic rings. The van der Waals surface area contributed by atoms with E-state index in [0.717, 1.165) is 18.6 Å². The Bertz CT molecular complexity index is 704. The lowest BCUT2D eigenvalue weighted by Gasteiger charge is -2.14. The maximum atomic E-state index is 12.4. The minimum atomic E-state index is -0.345. The van der Waals surface area contributed by atoms with Crippen molar-refractivity contribution in [3.8, 4) is 11.5 Å². The Morgan fingerprint density at radius 3 is 2.07 bits per heavy atom. The fourth-order valence-electron chi connectivity index (χ4n) is 3.29. The van der Waals surface area contributed by atoms with Crippen molar-refractivity contribution in [2.24, 2.45) is 0 Å². The summed E-state index contributed by atoms with van der Waals surface area (Å²) in [5, 5.41) is 0. The molecule has 0 spiro atoms. The van der Waals surface area contributed by atoms with Crippen LogP contribution in [-0.2, 0) is 6.42 Å². The van der Waals surface area contributed by atoms with E-state index in [2.05, 4.69) is 20.8 Å². The minimum absolute atomic E-state index is 0.181. The molecule has 0 heterocycles. The van der Waals surface area contributed by atoms with E-state index in [-0.39, 0.29) is 12.1 Å². The molecule has 0 saturated heterocycles. The van der Waals surface area contributed by atoms with Gasteiger partial charge in [0.2, 0.25) is 0 Å². The fraction of sp³-hybridized carbons (Fsp3) is 0.500. The molecule has 0 fully saturated rings. The molecule has 0 radical (unpaired) electrons. The van der Waals surface area contributed by atoms with Crippen molar-refractivity contribution in [2.75, 3.05) is 0 Å². The van der Waals surface area contributed by atoms with Crippen molar-refractivity contribution in [2.45, 2.75) is 84.7 Å². The highest BCUT2D eigenvalue weighted by atomic mass is 16.5. The van der Waals surface area contributed by atoms with Crippen LogP contribution in [0.25, 0.3) is 0 Å². The average Bonchev–Trinajstić information content (AvgIpc) is 2.73. The van der Waals surface area contributed by atoms with Crippen LogP contribution in [0.1, 0.15) is 88.1 Å². The molecule has 1 atom stereocenters. The van der Waals surface area contributed by atoms with Gasteiger partial charge in [-0.15, -0.1) is 0 Å². The van der Waals surface area contributed by atoms with Crippen molar-refractivity contribution in [3.63, 3.8) is 0 Å². The van der Waals surface area contributed by atoms with Gasteiger partial charge in [0.15, 0.2) is 0 Å². The van der Waals surface area contributed by atoms with Crippen LogP contribution in [0.4, 0.5) is 0 Å². The summed E-state index contributed by atoms with van der Waals surface area (Å²) in [5.41, 5.74) is 1.81. The van der Waals surface area contributed by atoms with Crippen LogP contribution in [-0.4, -0.2) is 12.1 Å². The Labute approximate surface area is 176 Å². The van der Waals surface area contributed by atoms with E-state index in [4.69, 9.17) is 9.47 Å². The smallest absolute Gasteiger partial charge is 0.343 e. The third kappa shape index (κ3) is 8.72. The molecule has 158 valence electrons. The molecule has 29 heavy (non-hydrogen) atoms. The van der Waals surface area contributed by atoms with Crippen molar-refractivity contribution >= 4 is 5.97 Å². The standard InChI is InChI=1S/C26H36O3/c1-4-6-8-10-11-21(3)28-24-19-15-23(16-20-24)26(27)29-25-17-13-22(14-18-25)12-9-7-5-2/h13-21H,4-12H2,1-3H3/t21-/m0/s1. The topological polar surface area (TPSA) is 35.5 Å². The monoisotopic (exact) mass is 396 g/mol. The number of hydrogen-bond acceptors (Lipinski definition) is 3.